The predicted octanol–water partition coefficient (Wildman–Crippen LogP) is 1.86. The largest absolute Gasteiger partial charge is 0.355 e. The number of anilines is 1. The number of hydrogen-bond acceptors (Lipinski definition) is 4. The van der Waals surface area contributed by atoms with Crippen LogP contribution >= 0.6 is 0 Å². The molecule has 1 amide bonds. The quantitative estimate of drug-likeness (QED) is 0.877. The average Bonchev–Trinajstić information content (AvgIpc) is 2.67. The van der Waals surface area contributed by atoms with Gasteiger partial charge < -0.3 is 10.2 Å². The molecule has 1 aliphatic rings. The molecule has 3 rings (SSSR count). The molecule has 1 N–H and O–H groups in total. The molecule has 122 valence electrons. The van der Waals surface area contributed by atoms with E-state index in [-0.39, 0.29) is 11.8 Å². The highest BCUT2D eigenvalue weighted by Crippen LogP contribution is 2.21. The highest BCUT2D eigenvalue weighted by molar-refractivity contribution is 5.79. The number of nitrogens with one attached hydrogen (secondary N) is 1. The highest BCUT2D eigenvalue weighted by atomic mass is 16.1. The summed E-state index contributed by atoms with van der Waals surface area (Å²) >= 11 is 0. The molecular formula is C19H20N4O. The molecule has 2 heterocycles. The number of benzene rings is 1. The van der Waals surface area contributed by atoms with Crippen LogP contribution in [0.15, 0.2) is 48.9 Å². The second-order valence-electron chi connectivity index (χ2n) is 5.71. The van der Waals surface area contributed by atoms with Crippen molar-refractivity contribution in [3.05, 3.63) is 54.5 Å². The number of carbonyl (C=O) groups excluding carboxylic acids is 1. The number of hydrogen-bond donors (Lipinski definition) is 1. The zero-order valence-corrected chi connectivity index (χ0v) is 13.5. The molecule has 0 bridgehead atoms. The maximum atomic E-state index is 12.2. The van der Waals surface area contributed by atoms with E-state index in [4.69, 9.17) is 0 Å². The monoisotopic (exact) mass is 320 g/mol. The summed E-state index contributed by atoms with van der Waals surface area (Å²) in [5.41, 5.74) is 0.962. The summed E-state index contributed by atoms with van der Waals surface area (Å²) in [5.74, 6) is 7.06. The molecule has 1 aliphatic heterocycles. The van der Waals surface area contributed by atoms with E-state index in [0.29, 0.717) is 6.54 Å². The van der Waals surface area contributed by atoms with E-state index in [2.05, 4.69) is 32.0 Å². The predicted molar refractivity (Wildman–Crippen MR) is 93.3 cm³/mol. The smallest absolute Gasteiger partial charge is 0.223 e. The molecule has 1 saturated heterocycles. The summed E-state index contributed by atoms with van der Waals surface area (Å²) in [7, 11) is 0. The van der Waals surface area contributed by atoms with Crippen molar-refractivity contribution in [2.45, 2.75) is 12.8 Å². The first kappa shape index (κ1) is 16.0. The molecule has 0 unspecified atom stereocenters. The lowest BCUT2D eigenvalue weighted by Gasteiger charge is -2.31. The fourth-order valence-corrected chi connectivity index (χ4v) is 2.77. The van der Waals surface area contributed by atoms with Crippen molar-refractivity contribution in [1.82, 2.24) is 15.3 Å². The minimum atomic E-state index is 0.0523. The third-order valence-electron chi connectivity index (χ3n) is 4.10. The van der Waals surface area contributed by atoms with Crippen molar-refractivity contribution in [2.24, 2.45) is 5.92 Å². The first-order valence-electron chi connectivity index (χ1n) is 8.15. The van der Waals surface area contributed by atoms with Crippen molar-refractivity contribution in [3.63, 3.8) is 0 Å². The van der Waals surface area contributed by atoms with Gasteiger partial charge in [0.15, 0.2) is 0 Å². The first-order chi connectivity index (χ1) is 11.8. The van der Waals surface area contributed by atoms with Gasteiger partial charge in [0.2, 0.25) is 5.91 Å². The highest BCUT2D eigenvalue weighted by Gasteiger charge is 2.25. The maximum Gasteiger partial charge on any atom is 0.223 e. The van der Waals surface area contributed by atoms with Crippen molar-refractivity contribution in [3.8, 4) is 11.8 Å². The van der Waals surface area contributed by atoms with Gasteiger partial charge in [0, 0.05) is 37.0 Å². The molecule has 0 spiro atoms. The third-order valence-corrected chi connectivity index (χ3v) is 4.10. The van der Waals surface area contributed by atoms with Crippen LogP contribution < -0.4 is 10.2 Å². The van der Waals surface area contributed by atoms with Crippen LogP contribution in [0.1, 0.15) is 18.4 Å². The normalized spacial score (nSPS) is 14.6. The maximum absolute atomic E-state index is 12.2. The molecule has 0 radical (unpaired) electrons. The standard InChI is InChI=1S/C19H20N4O/c24-19(22-10-4-7-16-5-2-1-3-6-16)17-8-13-23(14-9-17)18-15-20-11-12-21-18/h1-3,5-6,11-12,15,17H,8-10,13-14H2,(H,22,24). The lowest BCUT2D eigenvalue weighted by molar-refractivity contribution is -0.125. The second kappa shape index (κ2) is 8.11. The number of amides is 1. The van der Waals surface area contributed by atoms with Gasteiger partial charge in [-0.3, -0.25) is 9.78 Å². The van der Waals surface area contributed by atoms with E-state index in [1.54, 1.807) is 18.6 Å². The van der Waals surface area contributed by atoms with Gasteiger partial charge in [-0.25, -0.2) is 4.98 Å². The summed E-state index contributed by atoms with van der Waals surface area (Å²) in [4.78, 5) is 22.8. The van der Waals surface area contributed by atoms with Crippen LogP contribution in [0.25, 0.3) is 0 Å². The Labute approximate surface area is 142 Å². The summed E-state index contributed by atoms with van der Waals surface area (Å²) < 4.78 is 0. The van der Waals surface area contributed by atoms with Gasteiger partial charge in [-0.15, -0.1) is 0 Å². The van der Waals surface area contributed by atoms with Crippen LogP contribution in [0.4, 0.5) is 5.82 Å². The summed E-state index contributed by atoms with van der Waals surface area (Å²) in [6.07, 6.45) is 6.78. The Morgan fingerprint density at radius 2 is 2.00 bits per heavy atom. The Kier molecular flexibility index (Phi) is 5.41. The SMILES string of the molecule is O=C(NCC#Cc1ccccc1)C1CCN(c2cnccn2)CC1. The summed E-state index contributed by atoms with van der Waals surface area (Å²) in [6, 6.07) is 9.77. The lowest BCUT2D eigenvalue weighted by Crippen LogP contribution is -2.41. The topological polar surface area (TPSA) is 58.1 Å². The Balaban J connectivity index is 1.43. The van der Waals surface area contributed by atoms with Gasteiger partial charge in [0.05, 0.1) is 12.7 Å². The number of carbonyl (C=O) groups is 1. The molecule has 1 aromatic carbocycles. The van der Waals surface area contributed by atoms with Crippen molar-refractivity contribution < 1.29 is 4.79 Å². The molecule has 1 fully saturated rings. The average molecular weight is 320 g/mol. The first-order valence-corrected chi connectivity index (χ1v) is 8.15. The van der Waals surface area contributed by atoms with Crippen molar-refractivity contribution in [2.75, 3.05) is 24.5 Å². The molecule has 5 heteroatoms. The van der Waals surface area contributed by atoms with Gasteiger partial charge in [-0.2, -0.15) is 0 Å². The van der Waals surface area contributed by atoms with E-state index in [1.807, 2.05) is 30.3 Å². The zero-order chi connectivity index (χ0) is 16.6. The van der Waals surface area contributed by atoms with Crippen LogP contribution in [0, 0.1) is 17.8 Å². The van der Waals surface area contributed by atoms with E-state index in [0.717, 1.165) is 37.3 Å². The lowest BCUT2D eigenvalue weighted by atomic mass is 9.96. The molecule has 1 aromatic heterocycles. The van der Waals surface area contributed by atoms with Gasteiger partial charge in [-0.05, 0) is 25.0 Å². The summed E-state index contributed by atoms with van der Waals surface area (Å²) in [6.45, 7) is 2.04. The van der Waals surface area contributed by atoms with E-state index in [9.17, 15) is 4.79 Å². The van der Waals surface area contributed by atoms with Crippen LogP contribution in [-0.2, 0) is 4.79 Å². The number of rotatable bonds is 3. The number of piperidine rings is 1. The van der Waals surface area contributed by atoms with E-state index in [1.165, 1.54) is 0 Å². The zero-order valence-electron chi connectivity index (χ0n) is 13.5. The molecule has 2 aromatic rings. The molecule has 0 aliphatic carbocycles. The second-order valence-corrected chi connectivity index (χ2v) is 5.71. The van der Waals surface area contributed by atoms with E-state index < -0.39 is 0 Å². The van der Waals surface area contributed by atoms with Crippen LogP contribution in [-0.4, -0.2) is 35.5 Å². The van der Waals surface area contributed by atoms with Crippen LogP contribution in [0.5, 0.6) is 0 Å². The molecule has 0 saturated carbocycles. The van der Waals surface area contributed by atoms with Crippen LogP contribution in [0.2, 0.25) is 0 Å². The van der Waals surface area contributed by atoms with Gasteiger partial charge in [0.25, 0.3) is 0 Å². The summed E-state index contributed by atoms with van der Waals surface area (Å²) in [5, 5.41) is 2.92. The molecule has 0 atom stereocenters. The Hall–Kier alpha value is -2.87. The van der Waals surface area contributed by atoms with Gasteiger partial charge in [-0.1, -0.05) is 30.0 Å². The number of nitrogens with zero attached hydrogens (tertiary/aromatic N) is 3. The Morgan fingerprint density at radius 3 is 2.71 bits per heavy atom. The van der Waals surface area contributed by atoms with Crippen LogP contribution in [0.3, 0.4) is 0 Å². The minimum absolute atomic E-state index is 0.0523. The fourth-order valence-electron chi connectivity index (χ4n) is 2.77. The fraction of sp³-hybridized carbons (Fsp3) is 0.316. The third kappa shape index (κ3) is 4.32. The van der Waals surface area contributed by atoms with E-state index >= 15 is 0 Å². The Morgan fingerprint density at radius 1 is 1.21 bits per heavy atom. The molecule has 24 heavy (non-hydrogen) atoms. The van der Waals surface area contributed by atoms with Gasteiger partial charge >= 0.3 is 0 Å². The minimum Gasteiger partial charge on any atom is -0.355 e. The number of aromatic nitrogens is 2. The molecule has 5 nitrogen and oxygen atoms in total. The Bertz CT molecular complexity index is 713. The van der Waals surface area contributed by atoms with Crippen molar-refractivity contribution in [1.29, 1.82) is 0 Å². The van der Waals surface area contributed by atoms with Gasteiger partial charge in [0.1, 0.15) is 5.82 Å². The molecular weight excluding hydrogens is 300 g/mol. The van der Waals surface area contributed by atoms with Crippen molar-refractivity contribution >= 4 is 11.7 Å².